The van der Waals surface area contributed by atoms with Crippen LogP contribution in [0.15, 0.2) is 58.3 Å². The summed E-state index contributed by atoms with van der Waals surface area (Å²) in [6, 6.07) is 8.79. The maximum absolute atomic E-state index is 10.3. The summed E-state index contributed by atoms with van der Waals surface area (Å²) in [5.74, 6) is -0.144. The average molecular weight is 522 g/mol. The van der Waals surface area contributed by atoms with Gasteiger partial charge in [-0.25, -0.2) is 16.8 Å². The Bertz CT molecular complexity index is 762. The standard InChI is InChI=1S/2C6H6O4S.Cu.6H2O/c2*7-5-1-3-6(4-2-5)11(8,9)10;;;;;;;/h2*1-4,7H,(H,8,9,10);;6*1H2/q;;+2;;;;;;/p+2. The molecule has 1 radical (unpaired) electrons. The Morgan fingerprint density at radius 1 is 0.552 bits per heavy atom. The number of hydrogen-bond donors (Lipinski definition) is 2. The Hall–Kier alpha value is -1.86. The first-order valence-electron chi connectivity index (χ1n) is 5.50. The van der Waals surface area contributed by atoms with E-state index in [4.69, 9.17) is 10.2 Å². The second-order valence-corrected chi connectivity index (χ2v) is 6.66. The molecule has 0 heterocycles. The van der Waals surface area contributed by atoms with Crippen LogP contribution in [-0.4, -0.2) is 47.1 Å². The van der Waals surface area contributed by atoms with Crippen LogP contribution in [0.5, 0.6) is 11.5 Å². The van der Waals surface area contributed by atoms with E-state index < -0.39 is 20.2 Å². The van der Waals surface area contributed by atoms with E-state index in [-0.39, 0.29) is 71.2 Å². The summed E-state index contributed by atoms with van der Waals surface area (Å²) < 4.78 is 61.8. The molecule has 0 unspecified atom stereocenters. The molecule has 2 aromatic rings. The molecular weight excluding hydrogens is 496 g/mol. The van der Waals surface area contributed by atoms with Crippen molar-refractivity contribution in [2.75, 3.05) is 0 Å². The number of hydrogen-bond acceptors (Lipinski definition) is 8. The molecule has 0 fully saturated rings. The van der Waals surface area contributed by atoms with Gasteiger partial charge in [-0.2, -0.15) is 0 Å². The van der Waals surface area contributed by atoms with Crippen LogP contribution in [0.2, 0.25) is 0 Å². The van der Waals surface area contributed by atoms with Gasteiger partial charge in [0.15, 0.2) is 0 Å². The molecule has 2 aromatic carbocycles. The predicted octanol–water partition coefficient (Wildman–Crippen LogP) is -4.75. The van der Waals surface area contributed by atoms with Crippen LogP contribution in [0.3, 0.4) is 0 Å². The minimum atomic E-state index is -4.38. The van der Waals surface area contributed by atoms with Crippen molar-refractivity contribution < 1.29 is 86.1 Å². The van der Waals surface area contributed by atoms with Crippen LogP contribution in [0, 0.1) is 0 Å². The van der Waals surface area contributed by atoms with Crippen LogP contribution in [0.4, 0.5) is 0 Å². The molecule has 0 saturated heterocycles. The predicted molar refractivity (Wildman–Crippen MR) is 98.9 cm³/mol. The first kappa shape index (κ1) is 45.7. The quantitative estimate of drug-likeness (QED) is 0.218. The van der Waals surface area contributed by atoms with E-state index >= 15 is 0 Å². The summed E-state index contributed by atoms with van der Waals surface area (Å²) in [6.45, 7) is 0. The molecule has 0 atom stereocenters. The molecule has 0 aliphatic rings. The monoisotopic (exact) mass is 521 g/mol. The maximum Gasteiger partial charge on any atom is 2.00 e. The van der Waals surface area contributed by atoms with Gasteiger partial charge < -0.3 is 52.2 Å². The minimum absolute atomic E-state index is 0. The normalized spacial score (nSPS) is 8.62. The summed E-state index contributed by atoms with van der Waals surface area (Å²) in [7, 11) is -8.76. The van der Waals surface area contributed by atoms with E-state index in [0.717, 1.165) is 48.5 Å². The number of aromatic hydroxyl groups is 2. The third-order valence-electron chi connectivity index (χ3n) is 2.25. The average Bonchev–Trinajstić information content (AvgIpc) is 2.38. The Labute approximate surface area is 176 Å². The van der Waals surface area contributed by atoms with E-state index in [1.54, 1.807) is 0 Å². The summed E-state index contributed by atoms with van der Waals surface area (Å²) in [4.78, 5) is -0.675. The van der Waals surface area contributed by atoms with Crippen LogP contribution >= 0.6 is 0 Å². The SMILES string of the molecule is O.O.O=S(=O)([O-])c1ccc(O)cc1.O=S(=O)([O-])c1ccc(O)cc1.[Cu+2].[OH3+].[OH3+].[OH3+].[OH3+]. The number of phenols is 2. The molecule has 17 heteroatoms. The van der Waals surface area contributed by atoms with Crippen LogP contribution < -0.4 is 0 Å². The molecule has 0 aromatic heterocycles. The Morgan fingerprint density at radius 3 is 0.862 bits per heavy atom. The van der Waals surface area contributed by atoms with Crippen molar-refractivity contribution in [1.29, 1.82) is 0 Å². The molecule has 0 aliphatic carbocycles. The molecule has 0 amide bonds. The van der Waals surface area contributed by atoms with Crippen LogP contribution in [-0.2, 0) is 59.2 Å². The van der Waals surface area contributed by atoms with E-state index in [1.165, 1.54) is 0 Å². The number of benzene rings is 2. The van der Waals surface area contributed by atoms with E-state index in [0.29, 0.717) is 0 Å². The smallest absolute Gasteiger partial charge is 0.744 e. The molecule has 177 valence electrons. The number of rotatable bonds is 2. The Kier molecular flexibility index (Phi) is 28.7. The summed E-state index contributed by atoms with van der Waals surface area (Å²) >= 11 is 0. The van der Waals surface area contributed by atoms with Gasteiger partial charge in [-0.3, -0.25) is 0 Å². The second-order valence-electron chi connectivity index (χ2n) is 3.90. The van der Waals surface area contributed by atoms with Gasteiger partial charge >= 0.3 is 17.1 Å². The second kappa shape index (κ2) is 18.2. The molecule has 0 spiro atoms. The molecule has 14 nitrogen and oxygen atoms in total. The minimum Gasteiger partial charge on any atom is -0.744 e. The molecule has 29 heavy (non-hydrogen) atoms. The fraction of sp³-hybridized carbons (Fsp3) is 0. The summed E-state index contributed by atoms with van der Waals surface area (Å²) in [6.07, 6.45) is 0. The Balaban J connectivity index is -0.0000000538. The third kappa shape index (κ3) is 16.8. The first-order valence-corrected chi connectivity index (χ1v) is 8.31. The molecule has 0 bridgehead atoms. The van der Waals surface area contributed by atoms with Gasteiger partial charge in [0.25, 0.3) is 0 Å². The van der Waals surface area contributed by atoms with Crippen molar-refractivity contribution in [2.45, 2.75) is 9.79 Å². The van der Waals surface area contributed by atoms with Crippen molar-refractivity contribution in [2.24, 2.45) is 0 Å². The largest absolute Gasteiger partial charge is 2.00 e. The van der Waals surface area contributed by atoms with E-state index in [2.05, 4.69) is 0 Å². The fourth-order valence-corrected chi connectivity index (χ4v) is 2.16. The summed E-state index contributed by atoms with van der Waals surface area (Å²) in [5, 5.41) is 17.5. The van der Waals surface area contributed by atoms with E-state index in [1.807, 2.05) is 0 Å². The van der Waals surface area contributed by atoms with Gasteiger partial charge in [-0.15, -0.1) is 0 Å². The van der Waals surface area contributed by atoms with Gasteiger partial charge in [-0.1, -0.05) is 0 Å². The van der Waals surface area contributed by atoms with Crippen molar-refractivity contribution in [3.8, 4) is 11.5 Å². The molecular formula is C12H26CuO14S2+4. The van der Waals surface area contributed by atoms with Gasteiger partial charge in [0.1, 0.15) is 31.7 Å². The van der Waals surface area contributed by atoms with Crippen LogP contribution in [0.25, 0.3) is 0 Å². The van der Waals surface area contributed by atoms with Crippen molar-refractivity contribution in [3.05, 3.63) is 48.5 Å². The van der Waals surface area contributed by atoms with Gasteiger partial charge in [0.2, 0.25) is 0 Å². The van der Waals surface area contributed by atoms with Gasteiger partial charge in [0.05, 0.1) is 9.79 Å². The topological polar surface area (TPSA) is 350 Å². The third-order valence-corrected chi connectivity index (χ3v) is 3.95. The zero-order valence-corrected chi connectivity index (χ0v) is 17.0. The maximum atomic E-state index is 10.3. The van der Waals surface area contributed by atoms with Crippen LogP contribution in [0.1, 0.15) is 0 Å². The fourth-order valence-electron chi connectivity index (χ4n) is 1.23. The number of phenolic OH excluding ortho intramolecular Hbond substituents is 2. The molecule has 0 aliphatic heterocycles. The van der Waals surface area contributed by atoms with Crippen molar-refractivity contribution >= 4 is 20.2 Å². The van der Waals surface area contributed by atoms with Crippen molar-refractivity contribution in [3.63, 3.8) is 0 Å². The summed E-state index contributed by atoms with van der Waals surface area (Å²) in [5.41, 5.74) is 0. The van der Waals surface area contributed by atoms with Gasteiger partial charge in [-0.05, 0) is 48.5 Å². The molecule has 18 N–H and O–H groups in total. The van der Waals surface area contributed by atoms with Gasteiger partial charge in [0, 0.05) is 0 Å². The molecule has 0 saturated carbocycles. The first-order chi connectivity index (χ1) is 10.00. The van der Waals surface area contributed by atoms with Crippen molar-refractivity contribution in [1.82, 2.24) is 0 Å². The zero-order chi connectivity index (χ0) is 17.0. The zero-order valence-electron chi connectivity index (χ0n) is 14.4. The molecule has 2 rings (SSSR count). The Morgan fingerprint density at radius 2 is 0.724 bits per heavy atom. The van der Waals surface area contributed by atoms with E-state index in [9.17, 15) is 25.9 Å².